The first-order valence-electron chi connectivity index (χ1n) is 8.84. The smallest absolute Gasteiger partial charge is 0.321 e. The van der Waals surface area contributed by atoms with Crippen molar-refractivity contribution in [2.24, 2.45) is 11.3 Å². The molecule has 0 spiro atoms. The normalized spacial score (nSPS) is 19.2. The lowest BCUT2D eigenvalue weighted by Crippen LogP contribution is -2.44. The number of amides is 3. The predicted octanol–water partition coefficient (Wildman–Crippen LogP) is 3.61. The molecule has 3 amide bonds. The number of urea groups is 1. The van der Waals surface area contributed by atoms with E-state index in [4.69, 9.17) is 0 Å². The van der Waals surface area contributed by atoms with Gasteiger partial charge in [-0.25, -0.2) is 4.79 Å². The summed E-state index contributed by atoms with van der Waals surface area (Å²) in [6.07, 6.45) is 3.31. The summed E-state index contributed by atoms with van der Waals surface area (Å²) in [5.74, 6) is 0.621. The average Bonchev–Trinajstić information content (AvgIpc) is 2.89. The molecule has 0 bridgehead atoms. The molecule has 1 aromatic rings. The van der Waals surface area contributed by atoms with Crippen LogP contribution in [0.5, 0.6) is 0 Å². The molecule has 5 heteroatoms. The van der Waals surface area contributed by atoms with Gasteiger partial charge in [-0.2, -0.15) is 0 Å². The highest BCUT2D eigenvalue weighted by Gasteiger charge is 2.32. The molecule has 2 aliphatic heterocycles. The fourth-order valence-corrected chi connectivity index (χ4v) is 4.00. The third kappa shape index (κ3) is 3.40. The fourth-order valence-electron chi connectivity index (χ4n) is 4.00. The minimum Gasteiger partial charge on any atom is -0.348 e. The van der Waals surface area contributed by atoms with Crippen LogP contribution < -0.4 is 10.6 Å². The molecule has 0 unspecified atom stereocenters. The Labute approximate surface area is 143 Å². The Morgan fingerprint density at radius 3 is 2.71 bits per heavy atom. The molecule has 3 rings (SSSR count). The molecule has 0 aromatic heterocycles. The molecule has 0 radical (unpaired) electrons. The summed E-state index contributed by atoms with van der Waals surface area (Å²) in [6, 6.07) is 5.42. The Bertz CT molecular complexity index is 646. The predicted molar refractivity (Wildman–Crippen MR) is 95.0 cm³/mol. The lowest BCUT2D eigenvalue weighted by Gasteiger charge is -2.40. The Morgan fingerprint density at radius 1 is 1.33 bits per heavy atom. The maximum absolute atomic E-state index is 12.6. The number of nitrogens with one attached hydrogen (secondary N) is 2. The maximum Gasteiger partial charge on any atom is 0.321 e. The van der Waals surface area contributed by atoms with Crippen LogP contribution in [0.2, 0.25) is 0 Å². The lowest BCUT2D eigenvalue weighted by molar-refractivity contribution is 0.0965. The third-order valence-corrected chi connectivity index (χ3v) is 5.25. The molecule has 2 N–H and O–H groups in total. The molecule has 1 saturated heterocycles. The average molecular weight is 329 g/mol. The van der Waals surface area contributed by atoms with Crippen LogP contribution in [0.25, 0.3) is 0 Å². The van der Waals surface area contributed by atoms with Gasteiger partial charge >= 0.3 is 6.03 Å². The van der Waals surface area contributed by atoms with Crippen molar-refractivity contribution in [2.75, 3.05) is 18.4 Å². The quantitative estimate of drug-likeness (QED) is 0.890. The van der Waals surface area contributed by atoms with E-state index in [-0.39, 0.29) is 11.9 Å². The Hall–Kier alpha value is -2.04. The molecule has 1 aromatic carbocycles. The molecule has 0 atom stereocenters. The number of anilines is 1. The highest BCUT2D eigenvalue weighted by atomic mass is 16.2. The van der Waals surface area contributed by atoms with Crippen LogP contribution in [-0.4, -0.2) is 29.9 Å². The molecular weight excluding hydrogens is 302 g/mol. The van der Waals surface area contributed by atoms with Gasteiger partial charge in [0.1, 0.15) is 0 Å². The largest absolute Gasteiger partial charge is 0.348 e. The van der Waals surface area contributed by atoms with Crippen LogP contribution >= 0.6 is 0 Å². The molecule has 24 heavy (non-hydrogen) atoms. The molecule has 0 saturated carbocycles. The van der Waals surface area contributed by atoms with Crippen molar-refractivity contribution >= 4 is 17.6 Å². The van der Waals surface area contributed by atoms with Crippen LogP contribution in [0.3, 0.4) is 0 Å². The van der Waals surface area contributed by atoms with Crippen molar-refractivity contribution in [3.8, 4) is 0 Å². The van der Waals surface area contributed by atoms with Crippen molar-refractivity contribution in [1.82, 2.24) is 10.2 Å². The molecule has 2 aliphatic rings. The van der Waals surface area contributed by atoms with Gasteiger partial charge in [0.2, 0.25) is 0 Å². The zero-order valence-electron chi connectivity index (χ0n) is 14.8. The molecule has 1 fully saturated rings. The second kappa shape index (κ2) is 6.46. The number of carbonyl (C=O) groups is 2. The summed E-state index contributed by atoms with van der Waals surface area (Å²) in [6.45, 7) is 8.93. The minimum absolute atomic E-state index is 0.0608. The zero-order valence-corrected chi connectivity index (χ0v) is 14.8. The van der Waals surface area contributed by atoms with E-state index < -0.39 is 0 Å². The number of hydrogen-bond acceptors (Lipinski definition) is 2. The van der Waals surface area contributed by atoms with E-state index in [1.54, 1.807) is 6.07 Å². The second-order valence-corrected chi connectivity index (χ2v) is 7.84. The standard InChI is InChI=1S/C19H27N3O2/c1-13(2)11-19(3)7-9-22(10-8-19)18(24)21-16-6-4-5-14-15(16)12-20-17(14)23/h4-6,13H,7-12H2,1-3H3,(H,20,23)(H,21,24). The van der Waals surface area contributed by atoms with Crippen LogP contribution in [0, 0.1) is 11.3 Å². The van der Waals surface area contributed by atoms with Gasteiger partial charge in [-0.3, -0.25) is 4.79 Å². The van der Waals surface area contributed by atoms with E-state index in [0.717, 1.165) is 37.2 Å². The van der Waals surface area contributed by atoms with Gasteiger partial charge in [-0.1, -0.05) is 26.8 Å². The van der Waals surface area contributed by atoms with Gasteiger partial charge < -0.3 is 15.5 Å². The van der Waals surface area contributed by atoms with Crippen molar-refractivity contribution in [1.29, 1.82) is 0 Å². The number of nitrogens with zero attached hydrogens (tertiary/aromatic N) is 1. The van der Waals surface area contributed by atoms with Gasteiger partial charge in [0.15, 0.2) is 0 Å². The van der Waals surface area contributed by atoms with Crippen LogP contribution in [-0.2, 0) is 6.54 Å². The van der Waals surface area contributed by atoms with Crippen molar-refractivity contribution < 1.29 is 9.59 Å². The van der Waals surface area contributed by atoms with Crippen LogP contribution in [0.1, 0.15) is 56.0 Å². The Morgan fingerprint density at radius 2 is 2.04 bits per heavy atom. The molecule has 130 valence electrons. The fraction of sp³-hybridized carbons (Fsp3) is 0.579. The first-order chi connectivity index (χ1) is 11.4. The summed E-state index contributed by atoms with van der Waals surface area (Å²) in [4.78, 5) is 26.2. The van der Waals surface area contributed by atoms with E-state index in [1.807, 2.05) is 17.0 Å². The first-order valence-corrected chi connectivity index (χ1v) is 8.84. The van der Waals surface area contributed by atoms with Gasteiger partial charge in [-0.15, -0.1) is 0 Å². The monoisotopic (exact) mass is 329 g/mol. The first kappa shape index (κ1) is 16.8. The molecule has 5 nitrogen and oxygen atoms in total. The van der Waals surface area contributed by atoms with Crippen molar-refractivity contribution in [2.45, 2.75) is 46.6 Å². The van der Waals surface area contributed by atoms with E-state index in [0.29, 0.717) is 23.4 Å². The summed E-state index contributed by atoms with van der Waals surface area (Å²) in [5, 5.41) is 5.80. The summed E-state index contributed by atoms with van der Waals surface area (Å²) < 4.78 is 0. The minimum atomic E-state index is -0.0662. The molecule has 0 aliphatic carbocycles. The second-order valence-electron chi connectivity index (χ2n) is 7.84. The third-order valence-electron chi connectivity index (χ3n) is 5.25. The lowest BCUT2D eigenvalue weighted by atomic mass is 9.74. The van der Waals surface area contributed by atoms with Crippen molar-refractivity contribution in [3.63, 3.8) is 0 Å². The Balaban J connectivity index is 1.62. The zero-order chi connectivity index (χ0) is 17.3. The van der Waals surface area contributed by atoms with Crippen LogP contribution in [0.4, 0.5) is 10.5 Å². The Kier molecular flexibility index (Phi) is 4.52. The highest BCUT2D eigenvalue weighted by molar-refractivity contribution is 6.01. The van der Waals surface area contributed by atoms with E-state index in [2.05, 4.69) is 31.4 Å². The summed E-state index contributed by atoms with van der Waals surface area (Å²) in [7, 11) is 0. The van der Waals surface area contributed by atoms with Gasteiger partial charge in [0.25, 0.3) is 5.91 Å². The van der Waals surface area contributed by atoms with E-state index >= 15 is 0 Å². The number of piperidine rings is 1. The highest BCUT2D eigenvalue weighted by Crippen LogP contribution is 2.37. The van der Waals surface area contributed by atoms with Crippen LogP contribution in [0.15, 0.2) is 18.2 Å². The number of benzene rings is 1. The van der Waals surface area contributed by atoms with Gasteiger partial charge in [0.05, 0.1) is 0 Å². The van der Waals surface area contributed by atoms with Gasteiger partial charge in [-0.05, 0) is 42.7 Å². The van der Waals surface area contributed by atoms with Gasteiger partial charge in [0, 0.05) is 36.4 Å². The number of rotatable bonds is 3. The van der Waals surface area contributed by atoms with Crippen molar-refractivity contribution in [3.05, 3.63) is 29.3 Å². The maximum atomic E-state index is 12.6. The number of fused-ring (bicyclic) bond motifs is 1. The summed E-state index contributed by atoms with van der Waals surface area (Å²) >= 11 is 0. The molecular formula is C19H27N3O2. The number of hydrogen-bond donors (Lipinski definition) is 2. The molecule has 2 heterocycles. The number of carbonyl (C=O) groups excluding carboxylic acids is 2. The number of likely N-dealkylation sites (tertiary alicyclic amines) is 1. The van der Waals surface area contributed by atoms with E-state index in [9.17, 15) is 9.59 Å². The summed E-state index contributed by atoms with van der Waals surface area (Å²) in [5.41, 5.74) is 2.63. The SMILES string of the molecule is CC(C)CC1(C)CCN(C(=O)Nc2cccc3c2CNC3=O)CC1. The van der Waals surface area contributed by atoms with E-state index in [1.165, 1.54) is 6.42 Å². The topological polar surface area (TPSA) is 61.4 Å².